The Hall–Kier alpha value is -2.76. The van der Waals surface area contributed by atoms with Crippen molar-refractivity contribution >= 4 is 17.5 Å². The van der Waals surface area contributed by atoms with E-state index in [1.165, 1.54) is 7.11 Å². The van der Waals surface area contributed by atoms with Crippen molar-refractivity contribution in [1.82, 2.24) is 9.80 Å². The number of hydrogen-bond acceptors (Lipinski definition) is 8. The average molecular weight is 413 g/mol. The summed E-state index contributed by atoms with van der Waals surface area (Å²) in [7, 11) is 3.29. The van der Waals surface area contributed by atoms with Gasteiger partial charge in [-0.3, -0.25) is 14.5 Å². The summed E-state index contributed by atoms with van der Waals surface area (Å²) >= 11 is 0. The molecule has 0 N–H and O–H groups in total. The van der Waals surface area contributed by atoms with Crippen LogP contribution in [0.15, 0.2) is 34.1 Å². The van der Waals surface area contributed by atoms with Gasteiger partial charge < -0.3 is 14.4 Å². The molecule has 1 aliphatic carbocycles. The van der Waals surface area contributed by atoms with Gasteiger partial charge >= 0.3 is 5.97 Å². The number of likely N-dealkylation sites (N-methyl/N-ethyl adjacent to an activating group) is 1. The van der Waals surface area contributed by atoms with Crippen molar-refractivity contribution in [3.8, 4) is 6.07 Å². The number of nitrogens with zero attached hydrogens (tertiary/aromatic N) is 3. The minimum Gasteiger partial charge on any atom is -0.492 e. The number of allylic oxidation sites excluding steroid dienone is 3. The molecule has 0 radical (unpaired) electrons. The van der Waals surface area contributed by atoms with Crippen LogP contribution in [0.25, 0.3) is 0 Å². The van der Waals surface area contributed by atoms with E-state index in [-0.39, 0.29) is 41.1 Å². The molecule has 0 spiro atoms. The minimum atomic E-state index is -0.680. The number of ether oxygens (including phenoxy) is 2. The first-order valence-corrected chi connectivity index (χ1v) is 9.98. The molecule has 2 heterocycles. The van der Waals surface area contributed by atoms with Crippen LogP contribution in [0.5, 0.6) is 0 Å². The van der Waals surface area contributed by atoms with E-state index in [4.69, 9.17) is 9.47 Å². The molecule has 30 heavy (non-hydrogen) atoms. The Labute approximate surface area is 176 Å². The fourth-order valence-electron chi connectivity index (χ4n) is 4.54. The maximum atomic E-state index is 13.3. The smallest absolute Gasteiger partial charge is 0.333 e. The lowest BCUT2D eigenvalue weighted by Crippen LogP contribution is -2.65. The highest BCUT2D eigenvalue weighted by Gasteiger charge is 2.49. The number of hydrogen-bond donors (Lipinski definition) is 0. The Morgan fingerprint density at radius 1 is 1.30 bits per heavy atom. The number of methoxy groups -OCH3 is 1. The largest absolute Gasteiger partial charge is 0.492 e. The van der Waals surface area contributed by atoms with E-state index in [1.54, 1.807) is 26.8 Å². The number of rotatable bonds is 4. The number of nitriles is 1. The van der Waals surface area contributed by atoms with Crippen LogP contribution in [0.4, 0.5) is 0 Å². The fraction of sp³-hybridized carbons (Fsp3) is 0.545. The number of carbonyl (C=O) groups is 3. The lowest BCUT2D eigenvalue weighted by atomic mass is 9.77. The normalized spacial score (nSPS) is 28.1. The molecule has 2 aliphatic heterocycles. The summed E-state index contributed by atoms with van der Waals surface area (Å²) in [6.45, 7) is 6.01. The van der Waals surface area contributed by atoms with Crippen molar-refractivity contribution in [1.29, 1.82) is 5.26 Å². The van der Waals surface area contributed by atoms with Gasteiger partial charge in [0.25, 0.3) is 0 Å². The molecule has 3 atom stereocenters. The van der Waals surface area contributed by atoms with E-state index in [9.17, 15) is 19.6 Å². The van der Waals surface area contributed by atoms with Gasteiger partial charge in [0.2, 0.25) is 5.78 Å². The van der Waals surface area contributed by atoms with Gasteiger partial charge in [-0.15, -0.1) is 0 Å². The van der Waals surface area contributed by atoms with Gasteiger partial charge in [-0.2, -0.15) is 5.26 Å². The molecular weight excluding hydrogens is 386 g/mol. The van der Waals surface area contributed by atoms with Crippen LogP contribution in [0.2, 0.25) is 0 Å². The number of ketones is 2. The van der Waals surface area contributed by atoms with Crippen molar-refractivity contribution in [2.45, 2.75) is 45.3 Å². The van der Waals surface area contributed by atoms with Gasteiger partial charge in [-0.25, -0.2) is 4.79 Å². The number of Topliss-reactive ketones (excluding diaryl/α,β-unsaturated/α-hetero) is 2. The zero-order valence-electron chi connectivity index (χ0n) is 18.0. The third-order valence-corrected chi connectivity index (χ3v) is 6.13. The molecule has 8 heteroatoms. The second-order valence-corrected chi connectivity index (χ2v) is 7.97. The Morgan fingerprint density at radius 2 is 2.00 bits per heavy atom. The molecule has 0 saturated carbocycles. The first kappa shape index (κ1) is 21.9. The summed E-state index contributed by atoms with van der Waals surface area (Å²) in [6, 6.07) is 1.01. The number of piperazine rings is 1. The first-order valence-electron chi connectivity index (χ1n) is 9.98. The fourth-order valence-corrected chi connectivity index (χ4v) is 4.54. The molecule has 0 bridgehead atoms. The molecular formula is C22H27N3O5. The summed E-state index contributed by atoms with van der Waals surface area (Å²) in [5, 5.41) is 9.79. The average Bonchev–Trinajstić information content (AvgIpc) is 2.73. The predicted octanol–water partition coefficient (Wildman–Crippen LogP) is 1.15. The Bertz CT molecular complexity index is 924. The number of esters is 1. The van der Waals surface area contributed by atoms with Crippen molar-refractivity contribution in [2.24, 2.45) is 0 Å². The Morgan fingerprint density at radius 3 is 2.60 bits per heavy atom. The van der Waals surface area contributed by atoms with Gasteiger partial charge in [0, 0.05) is 41.4 Å². The predicted molar refractivity (Wildman–Crippen MR) is 108 cm³/mol. The van der Waals surface area contributed by atoms with Crippen molar-refractivity contribution in [2.75, 3.05) is 33.9 Å². The molecule has 1 saturated heterocycles. The monoisotopic (exact) mass is 413 g/mol. The standard InChI is InChI=1S/C22H27N3O5/c1-6-12(2)22(28)30-11-17-18-16(19(26)13(3)21(29-5)20(18)27)7-14-9-24(4)10-15(8-23)25(14)17/h6,14-15,17H,7,9-11H2,1-5H3/b12-6-/t14-,15-,17-/m0/s1. The lowest BCUT2D eigenvalue weighted by Gasteiger charge is -2.50. The van der Waals surface area contributed by atoms with Crippen LogP contribution in [-0.4, -0.2) is 79.3 Å². The lowest BCUT2D eigenvalue weighted by molar-refractivity contribution is -0.142. The van der Waals surface area contributed by atoms with Crippen LogP contribution >= 0.6 is 0 Å². The van der Waals surface area contributed by atoms with Gasteiger partial charge in [-0.1, -0.05) is 6.08 Å². The quantitative estimate of drug-likeness (QED) is 0.384. The second kappa shape index (κ2) is 8.54. The molecule has 3 aliphatic rings. The summed E-state index contributed by atoms with van der Waals surface area (Å²) in [6.07, 6.45) is 2.02. The van der Waals surface area contributed by atoms with E-state index >= 15 is 0 Å². The first-order chi connectivity index (χ1) is 14.2. The third-order valence-electron chi connectivity index (χ3n) is 6.13. The highest BCUT2D eigenvalue weighted by Crippen LogP contribution is 2.39. The molecule has 160 valence electrons. The molecule has 0 aromatic heterocycles. The van der Waals surface area contributed by atoms with Crippen LogP contribution < -0.4 is 0 Å². The molecule has 0 amide bonds. The maximum absolute atomic E-state index is 13.3. The SMILES string of the molecule is C/C=C(/C)C(=O)OC[C@H]1C2=C(C[C@H]3CN(C)C[C@H](C#N)N31)C(=O)C(C)=C(OC)C2=O. The molecule has 1 fully saturated rings. The highest BCUT2D eigenvalue weighted by molar-refractivity contribution is 6.25. The van der Waals surface area contributed by atoms with E-state index in [2.05, 4.69) is 6.07 Å². The number of carbonyl (C=O) groups excluding carboxylic acids is 3. The third kappa shape index (κ3) is 3.59. The summed E-state index contributed by atoms with van der Waals surface area (Å²) in [4.78, 5) is 42.6. The molecule has 0 unspecified atom stereocenters. The van der Waals surface area contributed by atoms with Crippen molar-refractivity contribution < 1.29 is 23.9 Å². The molecule has 0 aromatic carbocycles. The van der Waals surface area contributed by atoms with Crippen molar-refractivity contribution in [3.63, 3.8) is 0 Å². The summed E-state index contributed by atoms with van der Waals surface area (Å²) in [5.74, 6) is -1.07. The number of fused-ring (bicyclic) bond motifs is 1. The van der Waals surface area contributed by atoms with Crippen LogP contribution in [0, 0.1) is 11.3 Å². The van der Waals surface area contributed by atoms with Crippen LogP contribution in [0.1, 0.15) is 27.2 Å². The highest BCUT2D eigenvalue weighted by atomic mass is 16.5. The topological polar surface area (TPSA) is 99.9 Å². The zero-order valence-corrected chi connectivity index (χ0v) is 18.0. The summed E-state index contributed by atoms with van der Waals surface area (Å²) in [5.41, 5.74) is 1.46. The van der Waals surface area contributed by atoms with Crippen molar-refractivity contribution in [3.05, 3.63) is 34.1 Å². The molecule has 8 nitrogen and oxygen atoms in total. The minimum absolute atomic E-state index is 0.0146. The van der Waals surface area contributed by atoms with Crippen LogP contribution in [-0.2, 0) is 23.9 Å². The summed E-state index contributed by atoms with van der Waals surface area (Å²) < 4.78 is 10.7. The van der Waals surface area contributed by atoms with E-state index in [1.807, 2.05) is 16.8 Å². The van der Waals surface area contributed by atoms with Gasteiger partial charge in [-0.05, 0) is 34.2 Å². The Balaban J connectivity index is 2.07. The van der Waals surface area contributed by atoms with Gasteiger partial charge in [0.15, 0.2) is 11.5 Å². The maximum Gasteiger partial charge on any atom is 0.333 e. The second-order valence-electron chi connectivity index (χ2n) is 7.97. The van der Waals surface area contributed by atoms with E-state index in [0.717, 1.165) is 0 Å². The van der Waals surface area contributed by atoms with Gasteiger partial charge in [0.1, 0.15) is 12.6 Å². The molecule has 3 rings (SSSR count). The van der Waals surface area contributed by atoms with E-state index < -0.39 is 18.1 Å². The molecule has 0 aromatic rings. The Kier molecular flexibility index (Phi) is 6.25. The van der Waals surface area contributed by atoms with Crippen LogP contribution in [0.3, 0.4) is 0 Å². The van der Waals surface area contributed by atoms with Gasteiger partial charge in [0.05, 0.1) is 19.2 Å². The zero-order chi connectivity index (χ0) is 22.2. The van der Waals surface area contributed by atoms with E-state index in [0.29, 0.717) is 30.7 Å².